The van der Waals surface area contributed by atoms with Crippen LogP contribution in [-0.2, 0) is 11.3 Å². The van der Waals surface area contributed by atoms with E-state index in [-0.39, 0.29) is 11.2 Å². The van der Waals surface area contributed by atoms with Crippen LogP contribution < -0.4 is 11.3 Å². The van der Waals surface area contributed by atoms with E-state index in [9.17, 15) is 4.79 Å². The third kappa shape index (κ3) is 3.08. The minimum atomic E-state index is -0.140. The van der Waals surface area contributed by atoms with Gasteiger partial charge in [0.25, 0.3) is 5.56 Å². The molecule has 0 aliphatic heterocycles. The molecule has 0 radical (unpaired) electrons. The van der Waals surface area contributed by atoms with Crippen LogP contribution in [0.4, 0.5) is 5.69 Å². The maximum Gasteiger partial charge on any atom is 0.274 e. The Morgan fingerprint density at radius 3 is 2.50 bits per heavy atom. The number of hydrogen-bond donors (Lipinski definition) is 1. The number of nitrogens with zero attached hydrogens (tertiary/aromatic N) is 1. The molecule has 20 heavy (non-hydrogen) atoms. The second-order valence-corrected chi connectivity index (χ2v) is 4.84. The minimum Gasteiger partial charge on any atom is -0.394 e. The topological polar surface area (TPSA) is 57.2 Å². The molecule has 0 bridgehead atoms. The van der Waals surface area contributed by atoms with Gasteiger partial charge in [0, 0.05) is 20.3 Å². The van der Waals surface area contributed by atoms with Crippen molar-refractivity contribution in [3.05, 3.63) is 52.3 Å². The van der Waals surface area contributed by atoms with Crippen LogP contribution >= 0.6 is 0 Å². The first-order chi connectivity index (χ1) is 9.63. The standard InChI is InChI=1S/C16H20N2O2/c1-12-4-6-13(7-5-12)15-9-8-14(17)16(19)18(15)10-3-11-20-2/h4-9H,3,10-11,17H2,1-2H3. The highest BCUT2D eigenvalue weighted by Gasteiger charge is 2.08. The molecule has 1 aromatic carbocycles. The normalized spacial score (nSPS) is 10.7. The highest BCUT2D eigenvalue weighted by molar-refractivity contribution is 5.61. The molecule has 2 rings (SSSR count). The molecule has 1 aromatic heterocycles. The van der Waals surface area contributed by atoms with Crippen LogP contribution in [0.15, 0.2) is 41.2 Å². The lowest BCUT2D eigenvalue weighted by Crippen LogP contribution is -2.24. The molecular formula is C16H20N2O2. The number of anilines is 1. The Labute approximate surface area is 118 Å². The highest BCUT2D eigenvalue weighted by atomic mass is 16.5. The number of rotatable bonds is 5. The molecule has 106 valence electrons. The van der Waals surface area contributed by atoms with Gasteiger partial charge in [-0.25, -0.2) is 0 Å². The second-order valence-electron chi connectivity index (χ2n) is 4.84. The first-order valence-corrected chi connectivity index (χ1v) is 6.69. The highest BCUT2D eigenvalue weighted by Crippen LogP contribution is 2.19. The lowest BCUT2D eigenvalue weighted by Gasteiger charge is -2.14. The van der Waals surface area contributed by atoms with Crippen molar-refractivity contribution >= 4 is 5.69 Å². The van der Waals surface area contributed by atoms with E-state index in [0.29, 0.717) is 13.2 Å². The molecule has 4 nitrogen and oxygen atoms in total. The van der Waals surface area contributed by atoms with Gasteiger partial charge in [0.1, 0.15) is 0 Å². The number of methoxy groups -OCH3 is 1. The fourth-order valence-electron chi connectivity index (χ4n) is 2.16. The number of aryl methyl sites for hydroxylation is 1. The van der Waals surface area contributed by atoms with Crippen molar-refractivity contribution in [2.24, 2.45) is 0 Å². The van der Waals surface area contributed by atoms with E-state index in [4.69, 9.17) is 10.5 Å². The third-order valence-corrected chi connectivity index (χ3v) is 3.28. The van der Waals surface area contributed by atoms with E-state index in [1.807, 2.05) is 37.3 Å². The van der Waals surface area contributed by atoms with Crippen molar-refractivity contribution in [2.75, 3.05) is 19.5 Å². The van der Waals surface area contributed by atoms with Crippen LogP contribution in [0.5, 0.6) is 0 Å². The molecule has 0 aliphatic rings. The predicted octanol–water partition coefficient (Wildman–Crippen LogP) is 2.44. The zero-order valence-electron chi connectivity index (χ0n) is 11.9. The third-order valence-electron chi connectivity index (χ3n) is 3.28. The zero-order valence-corrected chi connectivity index (χ0v) is 11.9. The molecule has 2 N–H and O–H groups in total. The summed E-state index contributed by atoms with van der Waals surface area (Å²) >= 11 is 0. The number of nitrogens with two attached hydrogens (primary N) is 1. The Bertz CT molecular complexity index is 630. The first-order valence-electron chi connectivity index (χ1n) is 6.69. The Hall–Kier alpha value is -2.07. The van der Waals surface area contributed by atoms with E-state index in [1.54, 1.807) is 17.7 Å². The van der Waals surface area contributed by atoms with Crippen molar-refractivity contribution in [3.63, 3.8) is 0 Å². The van der Waals surface area contributed by atoms with Gasteiger partial charge in [0.05, 0.1) is 11.4 Å². The molecule has 1 heterocycles. The van der Waals surface area contributed by atoms with Crippen LogP contribution in [0.1, 0.15) is 12.0 Å². The fourth-order valence-corrected chi connectivity index (χ4v) is 2.16. The monoisotopic (exact) mass is 272 g/mol. The Kier molecular flexibility index (Phi) is 4.58. The smallest absolute Gasteiger partial charge is 0.274 e. The van der Waals surface area contributed by atoms with Crippen LogP contribution in [0.25, 0.3) is 11.3 Å². The van der Waals surface area contributed by atoms with Crippen LogP contribution in [0.3, 0.4) is 0 Å². The molecule has 0 spiro atoms. The van der Waals surface area contributed by atoms with E-state index in [1.165, 1.54) is 5.56 Å². The van der Waals surface area contributed by atoms with E-state index >= 15 is 0 Å². The van der Waals surface area contributed by atoms with Gasteiger partial charge in [0.15, 0.2) is 0 Å². The molecule has 0 saturated heterocycles. The number of aromatic nitrogens is 1. The first kappa shape index (κ1) is 14.3. The van der Waals surface area contributed by atoms with Gasteiger partial charge < -0.3 is 15.0 Å². The number of benzene rings is 1. The predicted molar refractivity (Wildman–Crippen MR) is 81.8 cm³/mol. The summed E-state index contributed by atoms with van der Waals surface area (Å²) in [5.74, 6) is 0. The van der Waals surface area contributed by atoms with Crippen LogP contribution in [0.2, 0.25) is 0 Å². The van der Waals surface area contributed by atoms with Gasteiger partial charge >= 0.3 is 0 Å². The lowest BCUT2D eigenvalue weighted by molar-refractivity contribution is 0.190. The SMILES string of the molecule is COCCCn1c(-c2ccc(C)cc2)ccc(N)c1=O. The van der Waals surface area contributed by atoms with Gasteiger partial charge in [-0.05, 0) is 31.0 Å². The van der Waals surface area contributed by atoms with Gasteiger partial charge in [-0.2, -0.15) is 0 Å². The second kappa shape index (κ2) is 6.39. The van der Waals surface area contributed by atoms with Crippen molar-refractivity contribution in [1.82, 2.24) is 4.57 Å². The minimum absolute atomic E-state index is 0.140. The summed E-state index contributed by atoms with van der Waals surface area (Å²) in [6, 6.07) is 11.7. The summed E-state index contributed by atoms with van der Waals surface area (Å²) in [4.78, 5) is 12.2. The quantitative estimate of drug-likeness (QED) is 0.851. The van der Waals surface area contributed by atoms with Crippen molar-refractivity contribution in [1.29, 1.82) is 0 Å². The molecule has 4 heteroatoms. The van der Waals surface area contributed by atoms with E-state index in [0.717, 1.165) is 17.7 Å². The van der Waals surface area contributed by atoms with Gasteiger partial charge in [0.2, 0.25) is 0 Å². The number of ether oxygens (including phenoxy) is 1. The maximum atomic E-state index is 12.2. The summed E-state index contributed by atoms with van der Waals surface area (Å²) in [5.41, 5.74) is 8.97. The summed E-state index contributed by atoms with van der Waals surface area (Å²) in [6.07, 6.45) is 0.777. The number of nitrogen functional groups attached to an aromatic ring is 1. The average molecular weight is 272 g/mol. The van der Waals surface area contributed by atoms with Crippen LogP contribution in [0, 0.1) is 6.92 Å². The maximum absolute atomic E-state index is 12.2. The number of hydrogen-bond acceptors (Lipinski definition) is 3. The zero-order chi connectivity index (χ0) is 14.5. The van der Waals surface area contributed by atoms with Gasteiger partial charge in [-0.15, -0.1) is 0 Å². The summed E-state index contributed by atoms with van der Waals surface area (Å²) in [5, 5.41) is 0. The van der Waals surface area contributed by atoms with E-state index < -0.39 is 0 Å². The molecule has 0 aliphatic carbocycles. The fraction of sp³-hybridized carbons (Fsp3) is 0.312. The molecule has 0 unspecified atom stereocenters. The molecule has 0 fully saturated rings. The Balaban J connectivity index is 2.43. The van der Waals surface area contributed by atoms with E-state index in [2.05, 4.69) is 0 Å². The molecular weight excluding hydrogens is 252 g/mol. The van der Waals surface area contributed by atoms with Gasteiger partial charge in [-0.1, -0.05) is 29.8 Å². The average Bonchev–Trinajstić information content (AvgIpc) is 2.45. The summed E-state index contributed by atoms with van der Waals surface area (Å²) < 4.78 is 6.77. The van der Waals surface area contributed by atoms with Crippen LogP contribution in [-0.4, -0.2) is 18.3 Å². The summed E-state index contributed by atoms with van der Waals surface area (Å²) in [7, 11) is 1.66. The van der Waals surface area contributed by atoms with Crippen molar-refractivity contribution < 1.29 is 4.74 Å². The van der Waals surface area contributed by atoms with Gasteiger partial charge in [-0.3, -0.25) is 4.79 Å². The molecule has 0 atom stereocenters. The molecule has 0 saturated carbocycles. The molecule has 0 amide bonds. The molecule has 2 aromatic rings. The van der Waals surface area contributed by atoms with Crippen molar-refractivity contribution in [2.45, 2.75) is 19.9 Å². The summed E-state index contributed by atoms with van der Waals surface area (Å²) in [6.45, 7) is 3.26. The largest absolute Gasteiger partial charge is 0.394 e. The van der Waals surface area contributed by atoms with Crippen molar-refractivity contribution in [3.8, 4) is 11.3 Å². The lowest BCUT2D eigenvalue weighted by atomic mass is 10.1. The Morgan fingerprint density at radius 2 is 1.85 bits per heavy atom. The Morgan fingerprint density at radius 1 is 1.15 bits per heavy atom. The number of pyridine rings is 1.